The van der Waals surface area contributed by atoms with E-state index in [9.17, 15) is 4.79 Å². The van der Waals surface area contributed by atoms with Crippen LogP contribution in [0.15, 0.2) is 47.5 Å². The highest BCUT2D eigenvalue weighted by Gasteiger charge is 2.15. The molecule has 3 rings (SSSR count). The SMILES string of the molecule is C/C=C\Oc1cc(-c2cc3c(=O)[nH]c(C)nc3cc2C(C)C)ccc1Cl. The maximum absolute atomic E-state index is 12.4. The van der Waals surface area contributed by atoms with Crippen molar-refractivity contribution in [1.82, 2.24) is 9.97 Å². The second kappa shape index (κ2) is 7.34. The minimum atomic E-state index is -0.136. The molecule has 0 atom stereocenters. The monoisotopic (exact) mass is 368 g/mol. The summed E-state index contributed by atoms with van der Waals surface area (Å²) in [7, 11) is 0. The number of allylic oxidation sites excluding steroid dienone is 1. The van der Waals surface area contributed by atoms with Gasteiger partial charge in [0, 0.05) is 0 Å². The van der Waals surface area contributed by atoms with Gasteiger partial charge in [-0.15, -0.1) is 0 Å². The van der Waals surface area contributed by atoms with Gasteiger partial charge in [0.1, 0.15) is 11.6 Å². The molecule has 0 radical (unpaired) electrons. The Hall–Kier alpha value is -2.59. The summed E-state index contributed by atoms with van der Waals surface area (Å²) in [6.45, 7) is 7.91. The Morgan fingerprint density at radius 1 is 1.23 bits per heavy atom. The lowest BCUT2D eigenvalue weighted by atomic mass is 9.91. The molecule has 3 aromatic rings. The van der Waals surface area contributed by atoms with Gasteiger partial charge in [-0.1, -0.05) is 37.6 Å². The zero-order chi connectivity index (χ0) is 18.8. The number of aryl methyl sites for hydroxylation is 1. The van der Waals surface area contributed by atoms with Crippen LogP contribution in [0.2, 0.25) is 5.02 Å². The fourth-order valence-corrected chi connectivity index (χ4v) is 3.11. The Morgan fingerprint density at radius 2 is 2.00 bits per heavy atom. The Bertz CT molecular complexity index is 1050. The number of halogens is 1. The predicted octanol–water partition coefficient (Wildman–Crippen LogP) is 5.59. The van der Waals surface area contributed by atoms with E-state index in [4.69, 9.17) is 16.3 Å². The van der Waals surface area contributed by atoms with E-state index in [-0.39, 0.29) is 11.5 Å². The topological polar surface area (TPSA) is 55.0 Å². The summed E-state index contributed by atoms with van der Waals surface area (Å²) >= 11 is 6.24. The van der Waals surface area contributed by atoms with Crippen LogP contribution in [0.4, 0.5) is 0 Å². The molecule has 2 aromatic carbocycles. The maximum Gasteiger partial charge on any atom is 0.258 e. The van der Waals surface area contributed by atoms with Crippen LogP contribution in [0, 0.1) is 6.92 Å². The summed E-state index contributed by atoms with van der Waals surface area (Å²) in [4.78, 5) is 19.6. The van der Waals surface area contributed by atoms with Crippen molar-refractivity contribution in [2.75, 3.05) is 0 Å². The van der Waals surface area contributed by atoms with Crippen LogP contribution in [-0.2, 0) is 0 Å². The minimum Gasteiger partial charge on any atom is -0.464 e. The largest absolute Gasteiger partial charge is 0.464 e. The maximum atomic E-state index is 12.4. The van der Waals surface area contributed by atoms with E-state index in [2.05, 4.69) is 23.8 Å². The predicted molar refractivity (Wildman–Crippen MR) is 107 cm³/mol. The highest BCUT2D eigenvalue weighted by molar-refractivity contribution is 6.32. The van der Waals surface area contributed by atoms with Crippen LogP contribution in [0.1, 0.15) is 38.1 Å². The van der Waals surface area contributed by atoms with Crippen molar-refractivity contribution in [2.45, 2.75) is 33.6 Å². The van der Waals surface area contributed by atoms with Gasteiger partial charge in [-0.3, -0.25) is 4.79 Å². The molecule has 0 saturated carbocycles. The lowest BCUT2D eigenvalue weighted by Gasteiger charge is -2.15. The highest BCUT2D eigenvalue weighted by atomic mass is 35.5. The molecule has 0 aliphatic heterocycles. The first-order chi connectivity index (χ1) is 12.4. The summed E-state index contributed by atoms with van der Waals surface area (Å²) in [6, 6.07) is 9.54. The molecule has 1 aromatic heterocycles. The Labute approximate surface area is 157 Å². The van der Waals surface area contributed by atoms with Gasteiger partial charge in [-0.25, -0.2) is 4.98 Å². The normalized spacial score (nSPS) is 11.6. The first-order valence-corrected chi connectivity index (χ1v) is 8.90. The summed E-state index contributed by atoms with van der Waals surface area (Å²) in [5.41, 5.74) is 3.61. The number of nitrogens with zero attached hydrogens (tertiary/aromatic N) is 1. The number of hydrogen-bond donors (Lipinski definition) is 1. The molecule has 1 N–H and O–H groups in total. The summed E-state index contributed by atoms with van der Waals surface area (Å²) in [6.07, 6.45) is 3.39. The molecule has 26 heavy (non-hydrogen) atoms. The third-order valence-electron chi connectivity index (χ3n) is 4.19. The fraction of sp³-hybridized carbons (Fsp3) is 0.238. The van der Waals surface area contributed by atoms with Crippen molar-refractivity contribution in [3.05, 3.63) is 69.4 Å². The van der Waals surface area contributed by atoms with Crippen molar-refractivity contribution in [3.63, 3.8) is 0 Å². The van der Waals surface area contributed by atoms with E-state index >= 15 is 0 Å². The molecule has 0 amide bonds. The van der Waals surface area contributed by atoms with Crippen molar-refractivity contribution < 1.29 is 4.74 Å². The van der Waals surface area contributed by atoms with Crippen molar-refractivity contribution in [2.24, 2.45) is 0 Å². The standard InChI is InChI=1S/C21H21ClN2O2/c1-5-8-26-20-9-14(6-7-18(20)22)16-10-17-19(11-15(16)12(2)3)23-13(4)24-21(17)25/h5-12H,1-4H3,(H,23,24,25)/b8-5-. The van der Waals surface area contributed by atoms with Crippen molar-refractivity contribution in [1.29, 1.82) is 0 Å². The molecule has 0 unspecified atom stereocenters. The van der Waals surface area contributed by atoms with Crippen LogP contribution in [0.25, 0.3) is 22.0 Å². The van der Waals surface area contributed by atoms with Crippen molar-refractivity contribution in [3.8, 4) is 16.9 Å². The lowest BCUT2D eigenvalue weighted by Crippen LogP contribution is -2.10. The third-order valence-corrected chi connectivity index (χ3v) is 4.50. The molecular formula is C21H21ClN2O2. The van der Waals surface area contributed by atoms with Crippen LogP contribution in [0.3, 0.4) is 0 Å². The first kappa shape index (κ1) is 18.2. The molecule has 134 valence electrons. The van der Waals surface area contributed by atoms with E-state index in [0.717, 1.165) is 16.7 Å². The first-order valence-electron chi connectivity index (χ1n) is 8.53. The number of nitrogens with one attached hydrogen (secondary N) is 1. The average molecular weight is 369 g/mol. The number of H-pyrrole nitrogens is 1. The Balaban J connectivity index is 2.26. The average Bonchev–Trinajstić information content (AvgIpc) is 2.60. The van der Waals surface area contributed by atoms with Gasteiger partial charge in [0.05, 0.1) is 22.2 Å². The zero-order valence-corrected chi connectivity index (χ0v) is 16.0. The number of aromatic nitrogens is 2. The molecule has 0 spiro atoms. The minimum absolute atomic E-state index is 0.136. The van der Waals surface area contributed by atoms with Crippen LogP contribution in [-0.4, -0.2) is 9.97 Å². The molecule has 5 heteroatoms. The van der Waals surface area contributed by atoms with Gasteiger partial charge in [0.15, 0.2) is 0 Å². The number of fused-ring (bicyclic) bond motifs is 1. The van der Waals surface area contributed by atoms with E-state index < -0.39 is 0 Å². The Morgan fingerprint density at radius 3 is 2.69 bits per heavy atom. The molecule has 4 nitrogen and oxygen atoms in total. The van der Waals surface area contributed by atoms with Gasteiger partial charge < -0.3 is 9.72 Å². The lowest BCUT2D eigenvalue weighted by molar-refractivity contribution is 0.481. The van der Waals surface area contributed by atoms with Crippen LogP contribution >= 0.6 is 11.6 Å². The number of hydrogen-bond acceptors (Lipinski definition) is 3. The number of benzene rings is 2. The van der Waals surface area contributed by atoms with E-state index in [1.165, 1.54) is 0 Å². The summed E-state index contributed by atoms with van der Waals surface area (Å²) < 4.78 is 5.58. The fourth-order valence-electron chi connectivity index (χ4n) is 2.95. The Kier molecular flexibility index (Phi) is 5.14. The quantitative estimate of drug-likeness (QED) is 0.611. The summed E-state index contributed by atoms with van der Waals surface area (Å²) in [5, 5.41) is 1.11. The van der Waals surface area contributed by atoms with Gasteiger partial charge in [-0.05, 0) is 60.7 Å². The van der Waals surface area contributed by atoms with Crippen molar-refractivity contribution >= 4 is 22.5 Å². The number of ether oxygens (including phenoxy) is 1. The molecule has 0 saturated heterocycles. The van der Waals surface area contributed by atoms with Crippen LogP contribution in [0.5, 0.6) is 5.75 Å². The second-order valence-electron chi connectivity index (χ2n) is 6.50. The van der Waals surface area contributed by atoms with E-state index in [1.807, 2.05) is 37.3 Å². The molecule has 1 heterocycles. The van der Waals surface area contributed by atoms with Gasteiger partial charge in [0.2, 0.25) is 0 Å². The third kappa shape index (κ3) is 3.51. The van der Waals surface area contributed by atoms with Gasteiger partial charge in [-0.2, -0.15) is 0 Å². The van der Waals surface area contributed by atoms with Gasteiger partial charge in [0.25, 0.3) is 5.56 Å². The molecule has 0 fully saturated rings. The van der Waals surface area contributed by atoms with E-state index in [0.29, 0.717) is 27.5 Å². The molecule has 0 bridgehead atoms. The smallest absolute Gasteiger partial charge is 0.258 e. The highest BCUT2D eigenvalue weighted by Crippen LogP contribution is 2.36. The zero-order valence-electron chi connectivity index (χ0n) is 15.3. The van der Waals surface area contributed by atoms with Crippen LogP contribution < -0.4 is 10.3 Å². The second-order valence-corrected chi connectivity index (χ2v) is 6.90. The number of rotatable bonds is 4. The molecular weight excluding hydrogens is 348 g/mol. The number of aromatic amines is 1. The molecule has 0 aliphatic carbocycles. The van der Waals surface area contributed by atoms with E-state index in [1.54, 1.807) is 19.3 Å². The summed E-state index contributed by atoms with van der Waals surface area (Å²) in [5.74, 6) is 1.46. The van der Waals surface area contributed by atoms with Gasteiger partial charge >= 0.3 is 0 Å². The molecule has 0 aliphatic rings.